The van der Waals surface area contributed by atoms with Gasteiger partial charge in [0.15, 0.2) is 10.8 Å². The summed E-state index contributed by atoms with van der Waals surface area (Å²) in [7, 11) is 2.04. The highest BCUT2D eigenvalue weighted by molar-refractivity contribution is 9.10. The van der Waals surface area contributed by atoms with Crippen molar-refractivity contribution < 1.29 is 0 Å². The fourth-order valence-corrected chi connectivity index (χ4v) is 3.59. The third kappa shape index (κ3) is 2.45. The Labute approximate surface area is 134 Å². The average molecular weight is 371 g/mol. The molecule has 3 rings (SSSR count). The minimum atomic E-state index is 0.452. The molecule has 0 atom stereocenters. The number of hydrogen-bond donors (Lipinski definition) is 0. The largest absolute Gasteiger partial charge is 0.354 e. The van der Waals surface area contributed by atoms with Crippen LogP contribution >= 0.6 is 38.9 Å². The number of halogens is 2. The summed E-state index contributed by atoms with van der Waals surface area (Å²) in [6.45, 7) is 0.788. The number of aromatic nitrogens is 2. The van der Waals surface area contributed by atoms with Crippen molar-refractivity contribution in [3.8, 4) is 0 Å². The summed E-state index contributed by atoms with van der Waals surface area (Å²) in [6, 6.07) is 8.23. The van der Waals surface area contributed by atoms with E-state index in [1.165, 1.54) is 5.56 Å². The Kier molecular flexibility index (Phi) is 4.01. The molecule has 3 aromatic rings. The second-order valence-electron chi connectivity index (χ2n) is 4.52. The molecule has 0 spiro atoms. The van der Waals surface area contributed by atoms with Gasteiger partial charge in [0, 0.05) is 29.6 Å². The van der Waals surface area contributed by atoms with Gasteiger partial charge in [-0.15, -0.1) is 22.9 Å². The first-order valence-corrected chi connectivity index (χ1v) is 8.36. The fraction of sp³-hybridized carbons (Fsp3) is 0.214. The van der Waals surface area contributed by atoms with Gasteiger partial charge in [0.05, 0.1) is 11.6 Å². The van der Waals surface area contributed by atoms with E-state index in [9.17, 15) is 0 Å². The number of anilines is 1. The van der Waals surface area contributed by atoms with Crippen molar-refractivity contribution in [1.29, 1.82) is 0 Å². The Hall–Kier alpha value is -1.04. The topological polar surface area (TPSA) is 20.5 Å². The summed E-state index contributed by atoms with van der Waals surface area (Å²) in [5, 5.41) is 2.02. The van der Waals surface area contributed by atoms with Gasteiger partial charge in [-0.25, -0.2) is 4.98 Å². The monoisotopic (exact) mass is 369 g/mol. The molecule has 0 saturated heterocycles. The van der Waals surface area contributed by atoms with Crippen LogP contribution < -0.4 is 4.90 Å². The first-order valence-electron chi connectivity index (χ1n) is 6.15. The first kappa shape index (κ1) is 13.9. The molecule has 6 heteroatoms. The van der Waals surface area contributed by atoms with Crippen molar-refractivity contribution in [3.05, 3.63) is 51.6 Å². The molecule has 2 aromatic heterocycles. The zero-order valence-corrected chi connectivity index (χ0v) is 14.0. The lowest BCUT2D eigenvalue weighted by atomic mass is 10.2. The molecule has 2 heterocycles. The highest BCUT2D eigenvalue weighted by Crippen LogP contribution is 2.27. The van der Waals surface area contributed by atoms with Gasteiger partial charge in [0.2, 0.25) is 0 Å². The summed E-state index contributed by atoms with van der Waals surface area (Å²) >= 11 is 11.3. The number of nitrogens with zero attached hydrogens (tertiary/aromatic N) is 3. The number of benzene rings is 1. The van der Waals surface area contributed by atoms with E-state index in [0.717, 1.165) is 27.5 Å². The summed E-state index contributed by atoms with van der Waals surface area (Å²) in [5.41, 5.74) is 2.27. The minimum Gasteiger partial charge on any atom is -0.354 e. The number of thiazole rings is 1. The van der Waals surface area contributed by atoms with Gasteiger partial charge in [-0.2, -0.15) is 0 Å². The average Bonchev–Trinajstić information content (AvgIpc) is 3.01. The Morgan fingerprint density at radius 1 is 1.40 bits per heavy atom. The van der Waals surface area contributed by atoms with E-state index in [2.05, 4.69) is 42.3 Å². The van der Waals surface area contributed by atoms with Crippen LogP contribution in [0.3, 0.4) is 0 Å². The van der Waals surface area contributed by atoms with Gasteiger partial charge in [-0.3, -0.25) is 4.40 Å². The van der Waals surface area contributed by atoms with E-state index >= 15 is 0 Å². The minimum absolute atomic E-state index is 0.452. The zero-order valence-electron chi connectivity index (χ0n) is 10.9. The van der Waals surface area contributed by atoms with Crippen LogP contribution in [0.4, 0.5) is 5.82 Å². The van der Waals surface area contributed by atoms with Gasteiger partial charge in [-0.05, 0) is 11.6 Å². The number of fused-ring (bicyclic) bond motifs is 1. The molecule has 0 fully saturated rings. The molecule has 3 nitrogen and oxygen atoms in total. The van der Waals surface area contributed by atoms with E-state index in [1.807, 2.05) is 30.8 Å². The molecule has 0 aliphatic heterocycles. The van der Waals surface area contributed by atoms with Gasteiger partial charge in [0.25, 0.3) is 0 Å². The standard InChI is InChI=1S/C14H13BrClN3S/c1-18(9-10-4-2-3-5-11(10)15)13-12(8-16)19-6-7-20-14(19)17-13/h2-7H,8-9H2,1H3. The predicted octanol–water partition coefficient (Wildman–Crippen LogP) is 4.53. The number of rotatable bonds is 4. The van der Waals surface area contributed by atoms with Gasteiger partial charge < -0.3 is 4.90 Å². The summed E-state index contributed by atoms with van der Waals surface area (Å²) in [6.07, 6.45) is 2.01. The van der Waals surface area contributed by atoms with E-state index in [-0.39, 0.29) is 0 Å². The van der Waals surface area contributed by atoms with Crippen LogP contribution in [-0.2, 0) is 12.4 Å². The maximum absolute atomic E-state index is 6.10. The van der Waals surface area contributed by atoms with Crippen molar-refractivity contribution in [2.75, 3.05) is 11.9 Å². The van der Waals surface area contributed by atoms with Crippen LogP contribution in [0, 0.1) is 0 Å². The van der Waals surface area contributed by atoms with Gasteiger partial charge >= 0.3 is 0 Å². The Morgan fingerprint density at radius 2 is 2.20 bits per heavy atom. The van der Waals surface area contributed by atoms with Crippen molar-refractivity contribution in [3.63, 3.8) is 0 Å². The number of hydrogen-bond acceptors (Lipinski definition) is 3. The van der Waals surface area contributed by atoms with Crippen LogP contribution in [0.15, 0.2) is 40.3 Å². The number of imidazole rings is 1. The molecular weight excluding hydrogens is 358 g/mol. The van der Waals surface area contributed by atoms with Gasteiger partial charge in [-0.1, -0.05) is 34.1 Å². The molecule has 0 radical (unpaired) electrons. The molecule has 1 aromatic carbocycles. The quantitative estimate of drug-likeness (QED) is 0.629. The molecular formula is C14H13BrClN3S. The SMILES string of the molecule is CN(Cc1ccccc1Br)c1nc2sccn2c1CCl. The second kappa shape index (κ2) is 5.76. The lowest BCUT2D eigenvalue weighted by Gasteiger charge is -2.18. The molecule has 0 unspecified atom stereocenters. The summed E-state index contributed by atoms with van der Waals surface area (Å²) in [5.74, 6) is 1.40. The lowest BCUT2D eigenvalue weighted by molar-refractivity contribution is 0.890. The maximum atomic E-state index is 6.10. The Morgan fingerprint density at radius 3 is 2.95 bits per heavy atom. The second-order valence-corrected chi connectivity index (χ2v) is 6.51. The van der Waals surface area contributed by atoms with Crippen molar-refractivity contribution >= 4 is 49.6 Å². The van der Waals surface area contributed by atoms with E-state index < -0.39 is 0 Å². The van der Waals surface area contributed by atoms with Crippen molar-refractivity contribution in [2.45, 2.75) is 12.4 Å². The van der Waals surface area contributed by atoms with Crippen LogP contribution in [0.2, 0.25) is 0 Å². The molecule has 0 aliphatic rings. The molecule has 0 bridgehead atoms. The molecule has 0 amide bonds. The zero-order chi connectivity index (χ0) is 14.1. The number of alkyl halides is 1. The Balaban J connectivity index is 1.94. The maximum Gasteiger partial charge on any atom is 0.195 e. The summed E-state index contributed by atoms with van der Waals surface area (Å²) < 4.78 is 3.17. The smallest absolute Gasteiger partial charge is 0.195 e. The normalized spacial score (nSPS) is 11.2. The van der Waals surface area contributed by atoms with E-state index in [1.54, 1.807) is 11.3 Å². The highest BCUT2D eigenvalue weighted by Gasteiger charge is 2.16. The van der Waals surface area contributed by atoms with E-state index in [4.69, 9.17) is 11.6 Å². The summed E-state index contributed by atoms with van der Waals surface area (Å²) in [4.78, 5) is 7.79. The molecule has 0 N–H and O–H groups in total. The Bertz CT molecular complexity index is 737. The van der Waals surface area contributed by atoms with Crippen LogP contribution in [0.25, 0.3) is 4.96 Å². The van der Waals surface area contributed by atoms with Crippen molar-refractivity contribution in [2.24, 2.45) is 0 Å². The van der Waals surface area contributed by atoms with Crippen LogP contribution in [0.1, 0.15) is 11.3 Å². The third-order valence-electron chi connectivity index (χ3n) is 3.19. The van der Waals surface area contributed by atoms with Crippen LogP contribution in [-0.4, -0.2) is 16.4 Å². The third-order valence-corrected chi connectivity index (χ3v) is 4.98. The highest BCUT2D eigenvalue weighted by atomic mass is 79.9. The molecule has 104 valence electrons. The van der Waals surface area contributed by atoms with Gasteiger partial charge in [0.1, 0.15) is 0 Å². The fourth-order valence-electron chi connectivity index (χ4n) is 2.21. The lowest BCUT2D eigenvalue weighted by Crippen LogP contribution is -2.18. The predicted molar refractivity (Wildman–Crippen MR) is 88.9 cm³/mol. The molecule has 0 aliphatic carbocycles. The van der Waals surface area contributed by atoms with Crippen LogP contribution in [0.5, 0.6) is 0 Å². The molecule has 20 heavy (non-hydrogen) atoms. The molecule has 0 saturated carbocycles. The first-order chi connectivity index (χ1) is 9.70. The van der Waals surface area contributed by atoms with E-state index in [0.29, 0.717) is 5.88 Å². The van der Waals surface area contributed by atoms with Crippen molar-refractivity contribution in [1.82, 2.24) is 9.38 Å².